The van der Waals surface area contributed by atoms with Gasteiger partial charge in [-0.3, -0.25) is 0 Å². The van der Waals surface area contributed by atoms with Gasteiger partial charge in [-0.05, 0) is 56.8 Å². The van der Waals surface area contributed by atoms with Crippen LogP contribution in [-0.4, -0.2) is 15.0 Å². The maximum atomic E-state index is 6.72. The Bertz CT molecular complexity index is 2830. The van der Waals surface area contributed by atoms with Gasteiger partial charge in [-0.25, -0.2) is 15.0 Å². The van der Waals surface area contributed by atoms with E-state index in [2.05, 4.69) is 133 Å². The molecule has 0 spiro atoms. The Balaban J connectivity index is 1.12. The molecule has 0 aliphatic heterocycles. The summed E-state index contributed by atoms with van der Waals surface area (Å²) in [4.78, 5) is 15.3. The van der Waals surface area contributed by atoms with E-state index in [1.807, 2.05) is 36.4 Å². The van der Waals surface area contributed by atoms with Gasteiger partial charge in [0.1, 0.15) is 17.0 Å². The molecular formula is C47H31N3O. The van der Waals surface area contributed by atoms with E-state index in [0.717, 1.165) is 56.4 Å². The zero-order valence-corrected chi connectivity index (χ0v) is 27.7. The Morgan fingerprint density at radius 1 is 0.510 bits per heavy atom. The lowest BCUT2D eigenvalue weighted by atomic mass is 9.92. The summed E-state index contributed by atoms with van der Waals surface area (Å²) < 4.78 is 6.72. The van der Waals surface area contributed by atoms with Crippen LogP contribution in [0.3, 0.4) is 0 Å². The molecule has 10 rings (SSSR count). The number of benzene rings is 7. The monoisotopic (exact) mass is 653 g/mol. The molecule has 51 heavy (non-hydrogen) atoms. The highest BCUT2D eigenvalue weighted by molar-refractivity contribution is 6.16. The lowest BCUT2D eigenvalue weighted by Gasteiger charge is -2.17. The molecule has 0 saturated heterocycles. The third-order valence-electron chi connectivity index (χ3n) is 10.0. The van der Waals surface area contributed by atoms with E-state index in [1.54, 1.807) is 0 Å². The Kier molecular flexibility index (Phi) is 6.91. The minimum Gasteiger partial charge on any atom is -0.455 e. The smallest absolute Gasteiger partial charge is 0.164 e. The van der Waals surface area contributed by atoms with Crippen molar-refractivity contribution < 1.29 is 4.42 Å². The predicted octanol–water partition coefficient (Wildman–Crippen LogP) is 12.2. The van der Waals surface area contributed by atoms with Gasteiger partial charge in [-0.1, -0.05) is 158 Å². The molecule has 7 aromatic carbocycles. The molecule has 2 aromatic heterocycles. The van der Waals surface area contributed by atoms with E-state index >= 15 is 0 Å². The number of hydrogen-bond acceptors (Lipinski definition) is 4. The molecule has 1 atom stereocenters. The van der Waals surface area contributed by atoms with Gasteiger partial charge in [0.2, 0.25) is 0 Å². The minimum absolute atomic E-state index is 0.0255. The van der Waals surface area contributed by atoms with Crippen molar-refractivity contribution in [2.75, 3.05) is 0 Å². The summed E-state index contributed by atoms with van der Waals surface area (Å²) in [5.74, 6) is 2.08. The summed E-state index contributed by atoms with van der Waals surface area (Å²) in [5, 5.41) is 6.96. The van der Waals surface area contributed by atoms with Gasteiger partial charge in [0, 0.05) is 33.4 Å². The average Bonchev–Trinajstić information content (AvgIpc) is 3.60. The summed E-state index contributed by atoms with van der Waals surface area (Å²) in [5.41, 5.74) is 8.14. The Morgan fingerprint density at radius 2 is 1.20 bits per heavy atom. The molecule has 4 nitrogen and oxygen atoms in total. The van der Waals surface area contributed by atoms with Crippen molar-refractivity contribution >= 4 is 49.1 Å². The van der Waals surface area contributed by atoms with E-state index in [0.29, 0.717) is 11.6 Å². The third-order valence-corrected chi connectivity index (χ3v) is 10.0. The van der Waals surface area contributed by atoms with E-state index in [4.69, 9.17) is 19.4 Å². The van der Waals surface area contributed by atoms with Gasteiger partial charge >= 0.3 is 0 Å². The summed E-state index contributed by atoms with van der Waals surface area (Å²) in [6, 6.07) is 52.9. The first-order valence-corrected chi connectivity index (χ1v) is 17.4. The fourth-order valence-electron chi connectivity index (χ4n) is 7.48. The number of rotatable bonds is 5. The maximum absolute atomic E-state index is 6.72. The predicted molar refractivity (Wildman–Crippen MR) is 209 cm³/mol. The maximum Gasteiger partial charge on any atom is 0.164 e. The van der Waals surface area contributed by atoms with Crippen LogP contribution in [0.25, 0.3) is 83.0 Å². The van der Waals surface area contributed by atoms with Gasteiger partial charge < -0.3 is 4.42 Å². The number of fused-ring (bicyclic) bond motifs is 6. The van der Waals surface area contributed by atoms with E-state index in [1.165, 1.54) is 32.7 Å². The van der Waals surface area contributed by atoms with E-state index < -0.39 is 0 Å². The third kappa shape index (κ3) is 5.12. The molecule has 0 amide bonds. The molecule has 1 unspecified atom stereocenters. The summed E-state index contributed by atoms with van der Waals surface area (Å²) in [6.45, 7) is 0. The molecule has 0 fully saturated rings. The average molecular weight is 654 g/mol. The molecule has 2 heterocycles. The Labute approximate surface area is 295 Å². The van der Waals surface area contributed by atoms with E-state index in [9.17, 15) is 0 Å². The quantitative estimate of drug-likeness (QED) is 0.173. The number of para-hydroxylation sites is 1. The number of allylic oxidation sites excluding steroid dienone is 4. The number of furan rings is 1. The molecule has 1 aliphatic carbocycles. The van der Waals surface area contributed by atoms with Crippen molar-refractivity contribution in [2.24, 2.45) is 0 Å². The molecule has 240 valence electrons. The standard InChI is InChI=1S/C47H31N3O/c1-3-11-30(12-4-1)31-21-26-35(27-22-31)46-48-45(34-14-5-2-6-15-34)49-47(50-46)40-19-10-20-42-43(40)39-18-9-17-38(44(39)51-42)36-28-25-33-24-23-32-13-7-8-16-37(32)41(33)29-36/h1-26,28-29,35H,27H2. The lowest BCUT2D eigenvalue weighted by Crippen LogP contribution is -2.08. The van der Waals surface area contributed by atoms with Gasteiger partial charge in [-0.2, -0.15) is 0 Å². The normalized spacial score (nSPS) is 14.4. The fraction of sp³-hybridized carbons (Fsp3) is 0.0426. The summed E-state index contributed by atoms with van der Waals surface area (Å²) in [7, 11) is 0. The van der Waals surface area contributed by atoms with Crippen molar-refractivity contribution in [3.63, 3.8) is 0 Å². The molecule has 1 aliphatic rings. The molecule has 4 heteroatoms. The van der Waals surface area contributed by atoms with Crippen molar-refractivity contribution in [3.8, 4) is 33.9 Å². The second-order valence-corrected chi connectivity index (χ2v) is 13.1. The van der Waals surface area contributed by atoms with Crippen LogP contribution in [0, 0.1) is 0 Å². The Morgan fingerprint density at radius 3 is 2.02 bits per heavy atom. The Hall–Kier alpha value is -6.65. The highest BCUT2D eigenvalue weighted by Crippen LogP contribution is 2.41. The topological polar surface area (TPSA) is 51.8 Å². The largest absolute Gasteiger partial charge is 0.455 e. The van der Waals surface area contributed by atoms with Gasteiger partial charge in [-0.15, -0.1) is 0 Å². The lowest BCUT2D eigenvalue weighted by molar-refractivity contribution is 0.670. The van der Waals surface area contributed by atoms with Crippen molar-refractivity contribution in [3.05, 3.63) is 181 Å². The van der Waals surface area contributed by atoms with Crippen molar-refractivity contribution in [1.29, 1.82) is 0 Å². The number of aromatic nitrogens is 3. The van der Waals surface area contributed by atoms with Crippen LogP contribution in [0.4, 0.5) is 0 Å². The summed E-state index contributed by atoms with van der Waals surface area (Å²) in [6.07, 6.45) is 7.51. The van der Waals surface area contributed by atoms with Crippen LogP contribution in [0.5, 0.6) is 0 Å². The highest BCUT2D eigenvalue weighted by Gasteiger charge is 2.22. The first kappa shape index (κ1) is 29.3. The van der Waals surface area contributed by atoms with Crippen LogP contribution in [0.2, 0.25) is 0 Å². The molecule has 0 bridgehead atoms. The van der Waals surface area contributed by atoms with Crippen molar-refractivity contribution in [1.82, 2.24) is 15.0 Å². The van der Waals surface area contributed by atoms with E-state index in [-0.39, 0.29) is 5.92 Å². The van der Waals surface area contributed by atoms with Crippen LogP contribution >= 0.6 is 0 Å². The zero-order chi connectivity index (χ0) is 33.7. The molecular weight excluding hydrogens is 623 g/mol. The number of hydrogen-bond donors (Lipinski definition) is 0. The van der Waals surface area contributed by atoms with Crippen LogP contribution in [-0.2, 0) is 0 Å². The van der Waals surface area contributed by atoms with Crippen LogP contribution in [0.15, 0.2) is 174 Å². The SMILES string of the molecule is C1=CC(c2nc(-c3ccccc3)nc(-c3cccc4oc5c(-c6ccc7ccc8ccccc8c7c6)cccc5c34)n2)CC=C1c1ccccc1. The zero-order valence-electron chi connectivity index (χ0n) is 27.7. The minimum atomic E-state index is 0.0255. The fourth-order valence-corrected chi connectivity index (χ4v) is 7.48. The van der Waals surface area contributed by atoms with Gasteiger partial charge in [0.15, 0.2) is 11.6 Å². The van der Waals surface area contributed by atoms with Gasteiger partial charge in [0.05, 0.1) is 0 Å². The summed E-state index contributed by atoms with van der Waals surface area (Å²) >= 11 is 0. The molecule has 0 N–H and O–H groups in total. The number of nitrogens with zero attached hydrogens (tertiary/aromatic N) is 3. The van der Waals surface area contributed by atoms with Gasteiger partial charge in [0.25, 0.3) is 0 Å². The van der Waals surface area contributed by atoms with Crippen molar-refractivity contribution in [2.45, 2.75) is 12.3 Å². The van der Waals surface area contributed by atoms with Crippen LogP contribution in [0.1, 0.15) is 23.7 Å². The second kappa shape index (κ2) is 12.0. The molecule has 0 saturated carbocycles. The highest BCUT2D eigenvalue weighted by atomic mass is 16.3. The second-order valence-electron chi connectivity index (χ2n) is 13.1. The first-order valence-electron chi connectivity index (χ1n) is 17.4. The first-order chi connectivity index (χ1) is 25.3. The molecule has 9 aromatic rings. The van der Waals surface area contributed by atoms with Crippen LogP contribution < -0.4 is 0 Å². The molecule has 0 radical (unpaired) electrons.